The third-order valence-corrected chi connectivity index (χ3v) is 13.5. The number of carboxylic acid groups (broad SMARTS) is 2. The maximum atomic E-state index is 14.3. The van der Waals surface area contributed by atoms with Crippen LogP contribution in [0.15, 0.2) is 73.2 Å². The van der Waals surface area contributed by atoms with Crippen LogP contribution < -0.4 is 65.1 Å². The molecule has 1 heterocycles. The zero-order chi connectivity index (χ0) is 63.2. The molecule has 1 aromatic heterocycles. The molecule has 468 valence electrons. The zero-order valence-corrected chi connectivity index (χ0v) is 48.8. The van der Waals surface area contributed by atoms with Crippen molar-refractivity contribution >= 4 is 65.1 Å². The number of aliphatic hydroxyl groups is 1. The second-order valence-corrected chi connectivity index (χ2v) is 21.5. The minimum absolute atomic E-state index is 0.0201. The van der Waals surface area contributed by atoms with Gasteiger partial charge in [0, 0.05) is 31.2 Å². The number of imidazole rings is 1. The van der Waals surface area contributed by atoms with E-state index in [-0.39, 0.29) is 44.6 Å². The first-order valence-corrected chi connectivity index (χ1v) is 28.4. The maximum Gasteiger partial charge on any atom is 0.326 e. The fourth-order valence-corrected chi connectivity index (χ4v) is 8.71. The van der Waals surface area contributed by atoms with Crippen LogP contribution in [0.3, 0.4) is 0 Å². The highest BCUT2D eigenvalue weighted by Gasteiger charge is 2.36. The Morgan fingerprint density at radius 1 is 0.506 bits per heavy atom. The van der Waals surface area contributed by atoms with E-state index in [4.69, 9.17) is 17.2 Å². The number of aromatic amines is 1. The minimum Gasteiger partial charge on any atom is -0.481 e. The lowest BCUT2D eigenvalue weighted by atomic mass is 10.00. The average molecular weight is 1190 g/mol. The lowest BCUT2D eigenvalue weighted by Crippen LogP contribution is -2.61. The van der Waals surface area contributed by atoms with Gasteiger partial charge in [-0.2, -0.15) is 0 Å². The van der Waals surface area contributed by atoms with Crippen LogP contribution >= 0.6 is 0 Å². The molecule has 10 atom stereocenters. The summed E-state index contributed by atoms with van der Waals surface area (Å²) in [7, 11) is 0. The van der Waals surface area contributed by atoms with Crippen LogP contribution in [0, 0.1) is 11.8 Å². The van der Waals surface area contributed by atoms with Gasteiger partial charge in [0.05, 0.1) is 25.4 Å². The van der Waals surface area contributed by atoms with E-state index >= 15 is 0 Å². The first-order chi connectivity index (χ1) is 40.4. The molecule has 28 nitrogen and oxygen atoms in total. The molecule has 3 aromatic rings. The van der Waals surface area contributed by atoms with E-state index in [0.29, 0.717) is 55.5 Å². The van der Waals surface area contributed by atoms with Crippen molar-refractivity contribution in [1.82, 2.24) is 57.8 Å². The van der Waals surface area contributed by atoms with Crippen molar-refractivity contribution in [3.63, 3.8) is 0 Å². The number of nitrogens with one attached hydrogen (secondary N) is 10. The Balaban J connectivity index is 1.80. The Labute approximate surface area is 493 Å². The van der Waals surface area contributed by atoms with Crippen molar-refractivity contribution in [3.8, 4) is 0 Å². The van der Waals surface area contributed by atoms with Gasteiger partial charge in [-0.25, -0.2) is 9.78 Å². The highest BCUT2D eigenvalue weighted by molar-refractivity contribution is 5.99. The van der Waals surface area contributed by atoms with E-state index < -0.39 is 144 Å². The normalized spacial score (nSPS) is 14.7. The molecular weight excluding hydrogens is 1100 g/mol. The number of carbonyl (C=O) groups is 11. The number of amides is 9. The van der Waals surface area contributed by atoms with Crippen molar-refractivity contribution in [2.24, 2.45) is 29.0 Å². The number of hydrogen-bond donors (Lipinski definition) is 16. The number of rotatable bonds is 39. The highest BCUT2D eigenvalue weighted by atomic mass is 16.4. The number of aliphatic carboxylic acids is 2. The summed E-state index contributed by atoms with van der Waals surface area (Å²) >= 11 is 0. The quantitative estimate of drug-likeness (QED) is 0.0266. The third-order valence-electron chi connectivity index (χ3n) is 13.5. The molecule has 0 aliphatic heterocycles. The van der Waals surface area contributed by atoms with E-state index in [9.17, 15) is 68.1 Å². The molecule has 0 saturated carbocycles. The van der Waals surface area contributed by atoms with Crippen LogP contribution in [0.4, 0.5) is 0 Å². The molecule has 3 rings (SSSR count). The van der Waals surface area contributed by atoms with Gasteiger partial charge in [0.1, 0.15) is 54.4 Å². The number of carbonyl (C=O) groups excluding carboxylic acids is 9. The second-order valence-electron chi connectivity index (χ2n) is 21.5. The fourth-order valence-electron chi connectivity index (χ4n) is 8.71. The fraction of sp³-hybridized carbons (Fsp3) is 0.544. The summed E-state index contributed by atoms with van der Waals surface area (Å²) < 4.78 is 0. The number of benzene rings is 2. The summed E-state index contributed by atoms with van der Waals surface area (Å²) in [5.74, 6) is -11.9. The summed E-state index contributed by atoms with van der Waals surface area (Å²) in [6.07, 6.45) is 3.58. The number of nitrogens with zero attached hydrogens (tertiary/aromatic N) is 1. The molecule has 28 heteroatoms. The summed E-state index contributed by atoms with van der Waals surface area (Å²) in [6.45, 7) is 7.71. The molecule has 0 aliphatic carbocycles. The molecule has 0 radical (unpaired) electrons. The Morgan fingerprint density at radius 2 is 0.965 bits per heavy atom. The Hall–Kier alpha value is -8.34. The Bertz CT molecular complexity index is 2650. The van der Waals surface area contributed by atoms with Crippen molar-refractivity contribution < 1.29 is 68.1 Å². The Kier molecular flexibility index (Phi) is 30.9. The number of carboxylic acids is 2. The van der Waals surface area contributed by atoms with E-state index in [1.165, 1.54) is 19.4 Å². The first-order valence-electron chi connectivity index (χ1n) is 28.4. The summed E-state index contributed by atoms with van der Waals surface area (Å²) in [4.78, 5) is 156. The van der Waals surface area contributed by atoms with Gasteiger partial charge in [-0.1, -0.05) is 94.8 Å². The monoisotopic (exact) mass is 1190 g/mol. The van der Waals surface area contributed by atoms with E-state index in [1.807, 2.05) is 13.8 Å². The molecular formula is C57H86N14O14. The van der Waals surface area contributed by atoms with Gasteiger partial charge in [0.15, 0.2) is 0 Å². The van der Waals surface area contributed by atoms with Crippen molar-refractivity contribution in [2.75, 3.05) is 19.7 Å². The van der Waals surface area contributed by atoms with Crippen molar-refractivity contribution in [2.45, 2.75) is 166 Å². The van der Waals surface area contributed by atoms with Crippen LogP contribution in [0.2, 0.25) is 0 Å². The van der Waals surface area contributed by atoms with E-state index in [0.717, 1.165) is 0 Å². The van der Waals surface area contributed by atoms with Crippen LogP contribution in [-0.2, 0) is 72.0 Å². The van der Waals surface area contributed by atoms with Gasteiger partial charge < -0.3 is 85.4 Å². The molecule has 0 fully saturated rings. The zero-order valence-electron chi connectivity index (χ0n) is 48.8. The van der Waals surface area contributed by atoms with E-state index in [1.54, 1.807) is 74.5 Å². The first kappa shape index (κ1) is 70.9. The molecule has 0 spiro atoms. The number of H-pyrrole nitrogens is 1. The van der Waals surface area contributed by atoms with E-state index in [2.05, 4.69) is 57.8 Å². The molecule has 0 aliphatic rings. The lowest BCUT2D eigenvalue weighted by Gasteiger charge is -2.28. The second kappa shape index (κ2) is 37.1. The minimum atomic E-state index is -1.86. The molecule has 0 saturated heterocycles. The molecule has 2 aromatic carbocycles. The van der Waals surface area contributed by atoms with Crippen molar-refractivity contribution in [1.29, 1.82) is 0 Å². The number of aromatic nitrogens is 2. The van der Waals surface area contributed by atoms with Crippen LogP contribution in [0.25, 0.3) is 0 Å². The maximum absolute atomic E-state index is 14.3. The number of aliphatic hydroxyl groups excluding tert-OH is 1. The molecule has 0 unspecified atom stereocenters. The Morgan fingerprint density at radius 3 is 1.48 bits per heavy atom. The number of unbranched alkanes of at least 4 members (excludes halogenated alkanes) is 2. The van der Waals surface area contributed by atoms with Gasteiger partial charge >= 0.3 is 11.9 Å². The van der Waals surface area contributed by atoms with Gasteiger partial charge in [0.25, 0.3) is 0 Å². The molecule has 9 amide bonds. The summed E-state index contributed by atoms with van der Waals surface area (Å²) in [5, 5.41) is 52.7. The molecule has 85 heavy (non-hydrogen) atoms. The van der Waals surface area contributed by atoms with Crippen LogP contribution in [-0.4, -0.2) is 171 Å². The summed E-state index contributed by atoms with van der Waals surface area (Å²) in [5.41, 5.74) is 18.9. The SMILES string of the molecule is CC(C)C[C@H](NC(=O)[C@@H](N)CCCCN)C(=O)N[C@@H](Cc1ccccc1)C(=O)N[C@@H](CC(=O)O)C(=O)N[C@@H](Cc1cnc[nH]1)C(=O)N[C@@H](C)C(=O)N[C@H](C(=O)N[C@@H](CO)C(=O)N[C@@H](CCCCN)C(=O)N[C@@H](Cc1ccccc1)C(=O)O)C(C)C. The van der Waals surface area contributed by atoms with Gasteiger partial charge in [0.2, 0.25) is 53.2 Å². The average Bonchev–Trinajstić information content (AvgIpc) is 4.17. The lowest BCUT2D eigenvalue weighted by molar-refractivity contribution is -0.142. The topological polar surface area (TPSA) is 463 Å². The number of hydrogen-bond acceptors (Lipinski definition) is 16. The summed E-state index contributed by atoms with van der Waals surface area (Å²) in [6, 6.07) is 2.81. The predicted octanol–water partition coefficient (Wildman–Crippen LogP) is -2.34. The highest BCUT2D eigenvalue weighted by Crippen LogP contribution is 2.13. The largest absolute Gasteiger partial charge is 0.481 e. The van der Waals surface area contributed by atoms with Gasteiger partial charge in [-0.05, 0) is 81.5 Å². The molecule has 19 N–H and O–H groups in total. The van der Waals surface area contributed by atoms with Crippen LogP contribution in [0.5, 0.6) is 0 Å². The van der Waals surface area contributed by atoms with Crippen LogP contribution in [0.1, 0.15) is 103 Å². The van der Waals surface area contributed by atoms with Gasteiger partial charge in [-0.15, -0.1) is 0 Å². The van der Waals surface area contributed by atoms with Crippen molar-refractivity contribution in [3.05, 3.63) is 90.0 Å². The standard InChI is InChI=1S/C57H86N14O14/c1-32(2)24-40(65-49(76)38(60)20-12-14-22-58)52(79)66-41(25-35-16-8-6-9-17-35)53(80)68-43(28-46(73)74)54(81)67-42(27-37-29-61-31-62-37)51(78)63-34(5)48(75)71-47(33(3)4)56(83)70-45(30-72)55(82)64-39(21-13-15-23-59)50(77)69-44(57(84)85)26-36-18-10-7-11-19-36/h6-11,16-19,29,31-34,38-45,47,72H,12-15,20-28,30,58-60H2,1-5H3,(H,61,62)(H,63,78)(H,64,82)(H,65,76)(H,66,79)(H,67,81)(H,68,80)(H,69,77)(H,70,83)(H,71,75)(H,73,74)(H,84,85)/t34-,38-,39-,40-,41-,42-,43-,44-,45-,47-/m0/s1. The third kappa shape index (κ3) is 25.6. The number of nitrogens with two attached hydrogens (primary N) is 3. The predicted molar refractivity (Wildman–Crippen MR) is 311 cm³/mol. The smallest absolute Gasteiger partial charge is 0.326 e. The van der Waals surface area contributed by atoms with Gasteiger partial charge in [-0.3, -0.25) is 47.9 Å². The molecule has 0 bridgehead atoms.